The van der Waals surface area contributed by atoms with Gasteiger partial charge in [0.05, 0.1) is 0 Å². The molecule has 1 aromatic heterocycles. The van der Waals surface area contributed by atoms with E-state index in [-0.39, 0.29) is 9.77 Å². The lowest BCUT2D eigenvalue weighted by Crippen LogP contribution is -2.27. The molecule has 0 bridgehead atoms. The number of carboxylic acids is 1. The van der Waals surface area contributed by atoms with Crippen molar-refractivity contribution in [1.29, 1.82) is 0 Å². The van der Waals surface area contributed by atoms with E-state index in [1.54, 1.807) is 24.3 Å². The van der Waals surface area contributed by atoms with Crippen molar-refractivity contribution in [2.24, 2.45) is 11.8 Å². The molecule has 0 spiro atoms. The average Bonchev–Trinajstić information content (AvgIpc) is 2.99. The number of rotatable bonds is 5. The Morgan fingerprint density at radius 2 is 2.10 bits per heavy atom. The summed E-state index contributed by atoms with van der Waals surface area (Å²) in [5.74, 6) is -0.319. The fraction of sp³-hybridized carbons (Fsp3) is 0.357. The summed E-state index contributed by atoms with van der Waals surface area (Å²) < 4.78 is 28.2. The summed E-state index contributed by atoms with van der Waals surface area (Å²) in [5, 5.41) is 9.75. The van der Waals surface area contributed by atoms with Crippen molar-refractivity contribution < 1.29 is 18.3 Å². The second-order valence-electron chi connectivity index (χ2n) is 5.39. The number of hydrogen-bond donors (Lipinski definition) is 2. The molecule has 2 N–H and O–H groups in total. The lowest BCUT2D eigenvalue weighted by Gasteiger charge is -2.06. The summed E-state index contributed by atoms with van der Waals surface area (Å²) >= 11 is 0.991. The van der Waals surface area contributed by atoms with Crippen LogP contribution in [0.5, 0.6) is 0 Å². The fourth-order valence-corrected chi connectivity index (χ4v) is 5.23. The molecule has 1 aliphatic carbocycles. The van der Waals surface area contributed by atoms with E-state index in [0.29, 0.717) is 28.5 Å². The molecule has 21 heavy (non-hydrogen) atoms. The first-order valence-corrected chi connectivity index (χ1v) is 8.94. The van der Waals surface area contributed by atoms with Crippen LogP contribution in [-0.2, 0) is 10.0 Å². The number of aromatic carboxylic acids is 1. The van der Waals surface area contributed by atoms with Gasteiger partial charge in [-0.2, -0.15) is 0 Å². The van der Waals surface area contributed by atoms with E-state index < -0.39 is 16.0 Å². The predicted molar refractivity (Wildman–Crippen MR) is 81.2 cm³/mol. The van der Waals surface area contributed by atoms with Crippen LogP contribution in [0.1, 0.15) is 23.0 Å². The van der Waals surface area contributed by atoms with Gasteiger partial charge in [-0.25, -0.2) is 17.9 Å². The van der Waals surface area contributed by atoms with Crippen molar-refractivity contribution in [3.63, 3.8) is 0 Å². The third-order valence-corrected chi connectivity index (χ3v) is 6.62. The number of benzene rings is 1. The highest BCUT2D eigenvalue weighted by atomic mass is 32.2. The zero-order valence-electron chi connectivity index (χ0n) is 11.4. The minimum atomic E-state index is -3.82. The summed E-state index contributed by atoms with van der Waals surface area (Å²) in [6.07, 6.45) is 1.01. The number of carboxylic acid groups (broad SMARTS) is 1. The lowest BCUT2D eigenvalue weighted by atomic mass is 10.2. The third kappa shape index (κ3) is 2.68. The Morgan fingerprint density at radius 1 is 1.43 bits per heavy atom. The van der Waals surface area contributed by atoms with Crippen molar-refractivity contribution in [3.05, 3.63) is 29.1 Å². The van der Waals surface area contributed by atoms with Crippen LogP contribution in [0, 0.1) is 11.8 Å². The van der Waals surface area contributed by atoms with Crippen LogP contribution in [-0.4, -0.2) is 26.0 Å². The largest absolute Gasteiger partial charge is 0.477 e. The van der Waals surface area contributed by atoms with Crippen LogP contribution in [0.4, 0.5) is 0 Å². The van der Waals surface area contributed by atoms with Crippen LogP contribution in [0.15, 0.2) is 29.2 Å². The molecule has 1 heterocycles. The van der Waals surface area contributed by atoms with Crippen LogP contribution in [0.3, 0.4) is 0 Å². The molecule has 1 saturated carbocycles. The number of sulfonamides is 1. The molecular formula is C14H15NO4S2. The highest BCUT2D eigenvalue weighted by Crippen LogP contribution is 2.38. The number of nitrogens with one attached hydrogen (secondary N) is 1. The SMILES string of the molecule is CC1CC1CNS(=O)(=O)c1c(C(=O)O)sc2ccccc12. The Hall–Kier alpha value is -1.44. The van der Waals surface area contributed by atoms with Gasteiger partial charge in [0.25, 0.3) is 0 Å². The van der Waals surface area contributed by atoms with Gasteiger partial charge >= 0.3 is 5.97 Å². The first-order chi connectivity index (χ1) is 9.90. The Balaban J connectivity index is 2.04. The molecule has 3 rings (SSSR count). The maximum absolute atomic E-state index is 12.5. The maximum atomic E-state index is 12.5. The fourth-order valence-electron chi connectivity index (χ4n) is 2.40. The highest BCUT2D eigenvalue weighted by Gasteiger charge is 2.35. The van der Waals surface area contributed by atoms with Gasteiger partial charge < -0.3 is 5.11 Å². The molecule has 2 unspecified atom stereocenters. The molecule has 5 nitrogen and oxygen atoms in total. The summed E-state index contributed by atoms with van der Waals surface area (Å²) in [4.78, 5) is 11.1. The Bertz CT molecular complexity index is 809. The molecule has 0 aliphatic heterocycles. The van der Waals surface area contributed by atoms with Crippen molar-refractivity contribution in [1.82, 2.24) is 4.72 Å². The first kappa shape index (κ1) is 14.5. The minimum absolute atomic E-state index is 0.107. The molecule has 0 radical (unpaired) electrons. The highest BCUT2D eigenvalue weighted by molar-refractivity contribution is 7.90. The lowest BCUT2D eigenvalue weighted by molar-refractivity contribution is 0.0698. The zero-order valence-corrected chi connectivity index (χ0v) is 13.0. The van der Waals surface area contributed by atoms with Gasteiger partial charge in [-0.05, 0) is 24.3 Å². The van der Waals surface area contributed by atoms with E-state index in [1.807, 2.05) is 0 Å². The third-order valence-electron chi connectivity index (χ3n) is 3.82. The second-order valence-corrected chi connectivity index (χ2v) is 8.14. The molecule has 1 aromatic carbocycles. The van der Waals surface area contributed by atoms with E-state index >= 15 is 0 Å². The van der Waals surface area contributed by atoms with Crippen LogP contribution >= 0.6 is 11.3 Å². The van der Waals surface area contributed by atoms with Gasteiger partial charge in [0, 0.05) is 16.6 Å². The summed E-state index contributed by atoms with van der Waals surface area (Å²) in [7, 11) is -3.82. The van der Waals surface area contributed by atoms with Crippen LogP contribution in [0.2, 0.25) is 0 Å². The maximum Gasteiger partial charge on any atom is 0.347 e. The van der Waals surface area contributed by atoms with Crippen molar-refractivity contribution in [3.8, 4) is 0 Å². The average molecular weight is 325 g/mol. The normalized spacial score (nSPS) is 21.6. The van der Waals surface area contributed by atoms with Gasteiger partial charge in [-0.15, -0.1) is 11.3 Å². The topological polar surface area (TPSA) is 83.5 Å². The molecule has 2 atom stereocenters. The minimum Gasteiger partial charge on any atom is -0.477 e. The molecule has 112 valence electrons. The van der Waals surface area contributed by atoms with E-state index in [2.05, 4.69) is 11.6 Å². The van der Waals surface area contributed by atoms with Gasteiger partial charge in [-0.1, -0.05) is 25.1 Å². The summed E-state index contributed by atoms with van der Waals surface area (Å²) in [5.41, 5.74) is 0. The number of hydrogen-bond acceptors (Lipinski definition) is 4. The number of thiophene rings is 1. The number of carbonyl (C=O) groups is 1. The number of fused-ring (bicyclic) bond motifs is 1. The molecule has 7 heteroatoms. The molecular weight excluding hydrogens is 310 g/mol. The van der Waals surface area contributed by atoms with Gasteiger partial charge in [0.1, 0.15) is 9.77 Å². The standard InChI is InChI=1S/C14H15NO4S2/c1-8-6-9(8)7-15-21(18,19)13-10-4-2-3-5-11(10)20-12(13)14(16)17/h2-5,8-9,15H,6-7H2,1H3,(H,16,17). The zero-order chi connectivity index (χ0) is 15.2. The van der Waals surface area contributed by atoms with E-state index in [0.717, 1.165) is 17.8 Å². The molecule has 0 saturated heterocycles. The van der Waals surface area contributed by atoms with Crippen molar-refractivity contribution in [2.45, 2.75) is 18.2 Å². The van der Waals surface area contributed by atoms with Crippen molar-refractivity contribution >= 4 is 37.4 Å². The Morgan fingerprint density at radius 3 is 2.71 bits per heavy atom. The summed E-state index contributed by atoms with van der Waals surface area (Å²) in [6, 6.07) is 6.85. The molecule has 2 aromatic rings. The smallest absolute Gasteiger partial charge is 0.347 e. The predicted octanol–water partition coefficient (Wildman–Crippen LogP) is 2.53. The molecule has 1 fully saturated rings. The summed E-state index contributed by atoms with van der Waals surface area (Å²) in [6.45, 7) is 2.44. The van der Waals surface area contributed by atoms with E-state index in [9.17, 15) is 18.3 Å². The monoisotopic (exact) mass is 325 g/mol. The Labute approximate surface area is 126 Å². The molecule has 0 amide bonds. The quantitative estimate of drug-likeness (QED) is 0.885. The van der Waals surface area contributed by atoms with Crippen molar-refractivity contribution in [2.75, 3.05) is 6.54 Å². The van der Waals surface area contributed by atoms with E-state index in [1.165, 1.54) is 0 Å². The van der Waals surface area contributed by atoms with Crippen LogP contribution in [0.25, 0.3) is 10.1 Å². The Kier molecular flexibility index (Phi) is 3.51. The van der Waals surface area contributed by atoms with Crippen LogP contribution < -0.4 is 4.72 Å². The molecule has 1 aliphatic rings. The van der Waals surface area contributed by atoms with E-state index in [4.69, 9.17) is 0 Å². The second kappa shape index (κ2) is 5.08. The van der Waals surface area contributed by atoms with Gasteiger partial charge in [0.2, 0.25) is 10.0 Å². The van der Waals surface area contributed by atoms with Gasteiger partial charge in [0.15, 0.2) is 0 Å². The first-order valence-electron chi connectivity index (χ1n) is 6.64. The van der Waals surface area contributed by atoms with Gasteiger partial charge in [-0.3, -0.25) is 0 Å².